The first-order chi connectivity index (χ1) is 8.08. The molecule has 2 rings (SSSR count). The van der Waals surface area contributed by atoms with Gasteiger partial charge in [-0.25, -0.2) is 9.37 Å². The Kier molecular flexibility index (Phi) is 3.24. The topological polar surface area (TPSA) is 43.8 Å². The second-order valence-corrected chi connectivity index (χ2v) is 4.27. The fraction of sp³-hybridized carbons (Fsp3) is 0.308. The summed E-state index contributed by atoms with van der Waals surface area (Å²) in [4.78, 5) is 4.22. The van der Waals surface area contributed by atoms with Crippen LogP contribution in [-0.2, 0) is 13.5 Å². The normalized spacial score (nSPS) is 12.7. The molecule has 0 saturated heterocycles. The minimum absolute atomic E-state index is 0.230. The molecule has 0 aliphatic carbocycles. The molecular weight excluding hydrogens is 217 g/mol. The van der Waals surface area contributed by atoms with Gasteiger partial charge in [-0.1, -0.05) is 6.07 Å². The SMILES string of the molecule is Cc1ccc(F)cc1C(N)Cc1nccn1C. The summed E-state index contributed by atoms with van der Waals surface area (Å²) in [6.07, 6.45) is 4.22. The molecule has 0 spiro atoms. The highest BCUT2D eigenvalue weighted by molar-refractivity contribution is 5.29. The average molecular weight is 233 g/mol. The van der Waals surface area contributed by atoms with E-state index in [-0.39, 0.29) is 11.9 Å². The highest BCUT2D eigenvalue weighted by Crippen LogP contribution is 2.20. The summed E-state index contributed by atoms with van der Waals surface area (Å²) in [6.45, 7) is 1.94. The smallest absolute Gasteiger partial charge is 0.123 e. The van der Waals surface area contributed by atoms with Crippen LogP contribution in [0.1, 0.15) is 23.0 Å². The van der Waals surface area contributed by atoms with Crippen molar-refractivity contribution in [2.45, 2.75) is 19.4 Å². The van der Waals surface area contributed by atoms with Crippen molar-refractivity contribution >= 4 is 0 Å². The zero-order valence-electron chi connectivity index (χ0n) is 10.0. The first-order valence-electron chi connectivity index (χ1n) is 5.55. The molecule has 0 aliphatic rings. The van der Waals surface area contributed by atoms with Gasteiger partial charge in [-0.2, -0.15) is 0 Å². The van der Waals surface area contributed by atoms with Crippen LogP contribution in [0.15, 0.2) is 30.6 Å². The van der Waals surface area contributed by atoms with Crippen molar-refractivity contribution in [3.8, 4) is 0 Å². The number of rotatable bonds is 3. The van der Waals surface area contributed by atoms with Gasteiger partial charge in [-0.15, -0.1) is 0 Å². The molecule has 4 heteroatoms. The van der Waals surface area contributed by atoms with Crippen LogP contribution in [0.5, 0.6) is 0 Å². The van der Waals surface area contributed by atoms with Crippen molar-refractivity contribution in [1.82, 2.24) is 9.55 Å². The third-order valence-electron chi connectivity index (χ3n) is 2.96. The Hall–Kier alpha value is -1.68. The van der Waals surface area contributed by atoms with Gasteiger partial charge in [0.1, 0.15) is 11.6 Å². The van der Waals surface area contributed by atoms with Crippen LogP contribution in [0, 0.1) is 12.7 Å². The molecule has 2 aromatic rings. The molecule has 3 nitrogen and oxygen atoms in total. The van der Waals surface area contributed by atoms with Gasteiger partial charge in [0.2, 0.25) is 0 Å². The van der Waals surface area contributed by atoms with Crippen LogP contribution in [0.2, 0.25) is 0 Å². The van der Waals surface area contributed by atoms with E-state index in [1.807, 2.05) is 24.7 Å². The van der Waals surface area contributed by atoms with Crippen molar-refractivity contribution in [3.05, 3.63) is 53.4 Å². The monoisotopic (exact) mass is 233 g/mol. The van der Waals surface area contributed by atoms with Gasteiger partial charge in [0.05, 0.1) is 0 Å². The first-order valence-corrected chi connectivity index (χ1v) is 5.55. The van der Waals surface area contributed by atoms with Crippen molar-refractivity contribution in [2.24, 2.45) is 12.8 Å². The van der Waals surface area contributed by atoms with E-state index in [9.17, 15) is 4.39 Å². The summed E-state index contributed by atoms with van der Waals surface area (Å²) in [5, 5.41) is 0. The van der Waals surface area contributed by atoms with Gasteiger partial charge in [0.25, 0.3) is 0 Å². The molecule has 0 aliphatic heterocycles. The lowest BCUT2D eigenvalue weighted by Gasteiger charge is -2.14. The van der Waals surface area contributed by atoms with Gasteiger partial charge in [-0.05, 0) is 30.2 Å². The molecule has 0 fully saturated rings. The maximum atomic E-state index is 13.2. The van der Waals surface area contributed by atoms with Gasteiger partial charge < -0.3 is 10.3 Å². The van der Waals surface area contributed by atoms with E-state index in [0.29, 0.717) is 6.42 Å². The molecule has 0 bridgehead atoms. The Bertz CT molecular complexity index is 519. The quantitative estimate of drug-likeness (QED) is 0.882. The fourth-order valence-corrected chi connectivity index (χ4v) is 1.91. The number of aromatic nitrogens is 2. The Morgan fingerprint density at radius 1 is 1.47 bits per heavy atom. The molecule has 17 heavy (non-hydrogen) atoms. The summed E-state index contributed by atoms with van der Waals surface area (Å²) in [6, 6.07) is 4.48. The van der Waals surface area contributed by atoms with Crippen LogP contribution in [-0.4, -0.2) is 9.55 Å². The standard InChI is InChI=1S/C13H16FN3/c1-9-3-4-10(14)7-11(9)12(15)8-13-16-5-6-17(13)2/h3-7,12H,8,15H2,1-2H3. The van der Waals surface area contributed by atoms with Crippen LogP contribution < -0.4 is 5.73 Å². The minimum Gasteiger partial charge on any atom is -0.338 e. The van der Waals surface area contributed by atoms with Crippen molar-refractivity contribution in [2.75, 3.05) is 0 Å². The Balaban J connectivity index is 2.23. The zero-order chi connectivity index (χ0) is 12.4. The van der Waals surface area contributed by atoms with E-state index in [2.05, 4.69) is 4.98 Å². The van der Waals surface area contributed by atoms with Crippen molar-refractivity contribution < 1.29 is 4.39 Å². The fourth-order valence-electron chi connectivity index (χ4n) is 1.91. The third kappa shape index (κ3) is 2.53. The molecular formula is C13H16FN3. The minimum atomic E-state index is -0.249. The summed E-state index contributed by atoms with van der Waals surface area (Å²) < 4.78 is 15.1. The Labute approximate surface area is 100 Å². The summed E-state index contributed by atoms with van der Waals surface area (Å²) >= 11 is 0. The molecule has 1 aromatic heterocycles. The molecule has 0 saturated carbocycles. The lowest BCUT2D eigenvalue weighted by Crippen LogP contribution is -2.17. The van der Waals surface area contributed by atoms with Crippen LogP contribution in [0.4, 0.5) is 4.39 Å². The number of hydrogen-bond acceptors (Lipinski definition) is 2. The van der Waals surface area contributed by atoms with E-state index >= 15 is 0 Å². The van der Waals surface area contributed by atoms with Gasteiger partial charge in [-0.3, -0.25) is 0 Å². The maximum Gasteiger partial charge on any atom is 0.123 e. The highest BCUT2D eigenvalue weighted by Gasteiger charge is 2.13. The third-order valence-corrected chi connectivity index (χ3v) is 2.96. The average Bonchev–Trinajstić information content (AvgIpc) is 2.68. The first kappa shape index (κ1) is 11.8. The second-order valence-electron chi connectivity index (χ2n) is 4.27. The van der Waals surface area contributed by atoms with E-state index in [1.165, 1.54) is 12.1 Å². The largest absolute Gasteiger partial charge is 0.338 e. The molecule has 1 unspecified atom stereocenters. The number of halogens is 1. The predicted octanol–water partition coefficient (Wildman–Crippen LogP) is 2.11. The molecule has 1 heterocycles. The number of benzene rings is 1. The van der Waals surface area contributed by atoms with E-state index < -0.39 is 0 Å². The molecule has 0 radical (unpaired) electrons. The molecule has 1 atom stereocenters. The lowest BCUT2D eigenvalue weighted by atomic mass is 9.99. The number of imidazole rings is 1. The van der Waals surface area contributed by atoms with Crippen molar-refractivity contribution in [3.63, 3.8) is 0 Å². The number of nitrogens with two attached hydrogens (primary N) is 1. The Morgan fingerprint density at radius 3 is 2.88 bits per heavy atom. The Morgan fingerprint density at radius 2 is 2.24 bits per heavy atom. The van der Waals surface area contributed by atoms with Gasteiger partial charge in [0, 0.05) is 31.9 Å². The van der Waals surface area contributed by atoms with Gasteiger partial charge >= 0.3 is 0 Å². The number of aryl methyl sites for hydroxylation is 2. The zero-order valence-corrected chi connectivity index (χ0v) is 10.0. The highest BCUT2D eigenvalue weighted by atomic mass is 19.1. The number of nitrogens with zero attached hydrogens (tertiary/aromatic N) is 2. The van der Waals surface area contributed by atoms with Crippen LogP contribution in [0.25, 0.3) is 0 Å². The lowest BCUT2D eigenvalue weighted by molar-refractivity contribution is 0.611. The second kappa shape index (κ2) is 4.67. The molecule has 0 amide bonds. The van der Waals surface area contributed by atoms with E-state index in [4.69, 9.17) is 5.73 Å². The number of hydrogen-bond donors (Lipinski definition) is 1. The molecule has 1 aromatic carbocycles. The van der Waals surface area contributed by atoms with Crippen LogP contribution >= 0.6 is 0 Å². The van der Waals surface area contributed by atoms with Crippen LogP contribution in [0.3, 0.4) is 0 Å². The summed E-state index contributed by atoms with van der Waals surface area (Å²) in [7, 11) is 1.92. The van der Waals surface area contributed by atoms with E-state index in [0.717, 1.165) is 17.0 Å². The summed E-state index contributed by atoms with van der Waals surface area (Å²) in [5.41, 5.74) is 7.95. The predicted molar refractivity (Wildman–Crippen MR) is 65.0 cm³/mol. The van der Waals surface area contributed by atoms with Gasteiger partial charge in [0.15, 0.2) is 0 Å². The summed E-state index contributed by atoms with van der Waals surface area (Å²) in [5.74, 6) is 0.655. The molecule has 2 N–H and O–H groups in total. The van der Waals surface area contributed by atoms with E-state index in [1.54, 1.807) is 12.3 Å². The maximum absolute atomic E-state index is 13.2. The molecule has 90 valence electrons. The van der Waals surface area contributed by atoms with Crippen molar-refractivity contribution in [1.29, 1.82) is 0 Å².